The summed E-state index contributed by atoms with van der Waals surface area (Å²) in [6, 6.07) is 10.1. The number of unbranched alkanes of at least 4 members (excludes halogenated alkanes) is 7. The average Bonchev–Trinajstić information content (AvgIpc) is 3.51. The van der Waals surface area contributed by atoms with Crippen LogP contribution in [0.3, 0.4) is 0 Å². The molecule has 152 valence electrons. The van der Waals surface area contributed by atoms with E-state index in [2.05, 4.69) is 19.1 Å². The highest BCUT2D eigenvalue weighted by atomic mass is 16.6. The first-order valence-corrected chi connectivity index (χ1v) is 11.3. The number of rotatable bonds is 17. The standard InChI is InChI=1S/C25H40O2/c1-23(20-21-26-24-17-14-11-15-18-24)16-12-9-7-5-3-2-4-6-8-10-13-19-25-22-27-25/h4,6,11,14-15,17-18,23,25H,2-3,5,7-10,12-13,16,19-22H2,1H3/b6-4-. The SMILES string of the molecule is CC(CCCCCCC/C=C\CCCCC1CO1)CCOc1ccccc1. The van der Waals surface area contributed by atoms with Gasteiger partial charge < -0.3 is 9.47 Å². The van der Waals surface area contributed by atoms with Gasteiger partial charge in [0.25, 0.3) is 0 Å². The zero-order valence-electron chi connectivity index (χ0n) is 17.4. The lowest BCUT2D eigenvalue weighted by atomic mass is 9.99. The molecule has 0 N–H and O–H groups in total. The summed E-state index contributed by atoms with van der Waals surface area (Å²) in [4.78, 5) is 0. The van der Waals surface area contributed by atoms with Gasteiger partial charge in [0.2, 0.25) is 0 Å². The van der Waals surface area contributed by atoms with Gasteiger partial charge in [-0.3, -0.25) is 0 Å². The Morgan fingerprint density at radius 3 is 2.33 bits per heavy atom. The smallest absolute Gasteiger partial charge is 0.119 e. The van der Waals surface area contributed by atoms with Crippen molar-refractivity contribution in [2.75, 3.05) is 13.2 Å². The molecule has 2 nitrogen and oxygen atoms in total. The van der Waals surface area contributed by atoms with Crippen molar-refractivity contribution in [3.63, 3.8) is 0 Å². The van der Waals surface area contributed by atoms with Crippen molar-refractivity contribution in [1.82, 2.24) is 0 Å². The molecular weight excluding hydrogens is 332 g/mol. The highest BCUT2D eigenvalue weighted by molar-refractivity contribution is 5.20. The van der Waals surface area contributed by atoms with E-state index in [9.17, 15) is 0 Å². The quantitative estimate of drug-likeness (QED) is 0.162. The molecule has 0 aliphatic carbocycles. The Hall–Kier alpha value is -1.28. The van der Waals surface area contributed by atoms with Crippen molar-refractivity contribution >= 4 is 0 Å². The summed E-state index contributed by atoms with van der Waals surface area (Å²) < 4.78 is 11.0. The fourth-order valence-corrected chi connectivity index (χ4v) is 3.43. The molecule has 0 bridgehead atoms. The molecule has 0 radical (unpaired) electrons. The van der Waals surface area contributed by atoms with Crippen LogP contribution >= 0.6 is 0 Å². The van der Waals surface area contributed by atoms with Gasteiger partial charge in [-0.15, -0.1) is 0 Å². The highest BCUT2D eigenvalue weighted by Gasteiger charge is 2.20. The summed E-state index contributed by atoms with van der Waals surface area (Å²) in [6.45, 7) is 4.21. The zero-order chi connectivity index (χ0) is 19.0. The number of para-hydroxylation sites is 1. The van der Waals surface area contributed by atoms with Crippen LogP contribution in [0, 0.1) is 5.92 Å². The van der Waals surface area contributed by atoms with Gasteiger partial charge >= 0.3 is 0 Å². The maximum absolute atomic E-state index is 5.79. The van der Waals surface area contributed by atoms with Crippen LogP contribution in [0.2, 0.25) is 0 Å². The molecule has 1 aliphatic heterocycles. The van der Waals surface area contributed by atoms with Crippen LogP contribution in [0.25, 0.3) is 0 Å². The van der Waals surface area contributed by atoms with Gasteiger partial charge in [-0.2, -0.15) is 0 Å². The summed E-state index contributed by atoms with van der Waals surface area (Å²) in [7, 11) is 0. The first-order chi connectivity index (χ1) is 13.3. The molecule has 1 aliphatic rings. The summed E-state index contributed by atoms with van der Waals surface area (Å²) in [5, 5.41) is 0. The molecule has 1 fully saturated rings. The van der Waals surface area contributed by atoms with Crippen molar-refractivity contribution < 1.29 is 9.47 Å². The van der Waals surface area contributed by atoms with E-state index in [1.165, 1.54) is 70.6 Å². The van der Waals surface area contributed by atoms with Crippen LogP contribution in [0.4, 0.5) is 0 Å². The number of hydrogen-bond donors (Lipinski definition) is 0. The molecule has 0 saturated carbocycles. The molecule has 27 heavy (non-hydrogen) atoms. The number of epoxide rings is 1. The van der Waals surface area contributed by atoms with Crippen molar-refractivity contribution in [1.29, 1.82) is 0 Å². The second-order valence-electron chi connectivity index (χ2n) is 8.11. The van der Waals surface area contributed by atoms with Gasteiger partial charge in [0.05, 0.1) is 19.3 Å². The molecule has 1 aromatic carbocycles. The molecule has 1 heterocycles. The van der Waals surface area contributed by atoms with E-state index in [0.29, 0.717) is 6.10 Å². The van der Waals surface area contributed by atoms with Crippen LogP contribution in [0.5, 0.6) is 5.75 Å². The van der Waals surface area contributed by atoms with Crippen LogP contribution in [0.15, 0.2) is 42.5 Å². The Bertz CT molecular complexity index is 478. The highest BCUT2D eigenvalue weighted by Crippen LogP contribution is 2.18. The lowest BCUT2D eigenvalue weighted by molar-refractivity contribution is 0.277. The molecule has 0 aromatic heterocycles. The molecule has 2 heteroatoms. The maximum atomic E-state index is 5.79. The Morgan fingerprint density at radius 1 is 0.926 bits per heavy atom. The Labute approximate surface area is 167 Å². The van der Waals surface area contributed by atoms with E-state index in [0.717, 1.165) is 31.3 Å². The van der Waals surface area contributed by atoms with Gasteiger partial charge in [0.1, 0.15) is 5.75 Å². The Kier molecular flexibility index (Phi) is 12.0. The minimum absolute atomic E-state index is 0.611. The minimum Gasteiger partial charge on any atom is -0.494 e. The van der Waals surface area contributed by atoms with Crippen molar-refractivity contribution in [3.05, 3.63) is 42.5 Å². The fourth-order valence-electron chi connectivity index (χ4n) is 3.43. The predicted octanol–water partition coefficient (Wildman–Crippen LogP) is 7.34. The fraction of sp³-hybridized carbons (Fsp3) is 0.680. The van der Waals surface area contributed by atoms with Crippen molar-refractivity contribution in [3.8, 4) is 5.75 Å². The summed E-state index contributed by atoms with van der Waals surface area (Å²) >= 11 is 0. The molecule has 1 aromatic rings. The van der Waals surface area contributed by atoms with Gasteiger partial charge in [-0.1, -0.05) is 75.8 Å². The maximum Gasteiger partial charge on any atom is 0.119 e. The van der Waals surface area contributed by atoms with Gasteiger partial charge in [0.15, 0.2) is 0 Å². The lowest BCUT2D eigenvalue weighted by Crippen LogP contribution is -2.04. The van der Waals surface area contributed by atoms with Crippen molar-refractivity contribution in [2.24, 2.45) is 5.92 Å². The number of allylic oxidation sites excluding steroid dienone is 2. The zero-order valence-corrected chi connectivity index (χ0v) is 17.4. The molecule has 0 amide bonds. The Morgan fingerprint density at radius 2 is 1.59 bits per heavy atom. The molecule has 2 rings (SSSR count). The third kappa shape index (κ3) is 12.7. The third-order valence-electron chi connectivity index (χ3n) is 5.41. The molecular formula is C25H40O2. The Balaban J connectivity index is 1.29. The minimum atomic E-state index is 0.611. The molecule has 0 spiro atoms. The average molecular weight is 373 g/mol. The number of hydrogen-bond acceptors (Lipinski definition) is 2. The van der Waals surface area contributed by atoms with E-state index >= 15 is 0 Å². The molecule has 2 atom stereocenters. The summed E-state index contributed by atoms with van der Waals surface area (Å²) in [5.41, 5.74) is 0. The molecule has 1 saturated heterocycles. The van der Waals surface area contributed by atoms with Crippen LogP contribution in [0.1, 0.15) is 84.0 Å². The van der Waals surface area contributed by atoms with Gasteiger partial charge in [-0.05, 0) is 56.6 Å². The number of benzene rings is 1. The second kappa shape index (κ2) is 14.7. The lowest BCUT2D eigenvalue weighted by Gasteiger charge is -2.12. The molecule has 2 unspecified atom stereocenters. The predicted molar refractivity (Wildman–Crippen MR) is 115 cm³/mol. The van der Waals surface area contributed by atoms with Crippen LogP contribution in [-0.4, -0.2) is 19.3 Å². The monoisotopic (exact) mass is 372 g/mol. The van der Waals surface area contributed by atoms with Crippen molar-refractivity contribution in [2.45, 2.75) is 90.1 Å². The first-order valence-electron chi connectivity index (χ1n) is 11.3. The van der Waals surface area contributed by atoms with Crippen LogP contribution in [-0.2, 0) is 4.74 Å². The third-order valence-corrected chi connectivity index (χ3v) is 5.41. The van der Waals surface area contributed by atoms with E-state index in [-0.39, 0.29) is 0 Å². The second-order valence-corrected chi connectivity index (χ2v) is 8.11. The van der Waals surface area contributed by atoms with Gasteiger partial charge in [0, 0.05) is 0 Å². The van der Waals surface area contributed by atoms with E-state index in [1.807, 2.05) is 30.3 Å². The van der Waals surface area contributed by atoms with E-state index in [4.69, 9.17) is 9.47 Å². The number of ether oxygens (including phenoxy) is 2. The van der Waals surface area contributed by atoms with E-state index < -0.39 is 0 Å². The van der Waals surface area contributed by atoms with E-state index in [1.54, 1.807) is 0 Å². The topological polar surface area (TPSA) is 21.8 Å². The van der Waals surface area contributed by atoms with Gasteiger partial charge in [-0.25, -0.2) is 0 Å². The van der Waals surface area contributed by atoms with Crippen LogP contribution < -0.4 is 4.74 Å². The summed E-state index contributed by atoms with van der Waals surface area (Å²) in [6.07, 6.45) is 21.2. The normalized spacial score (nSPS) is 17.3. The summed E-state index contributed by atoms with van der Waals surface area (Å²) in [5.74, 6) is 1.76. The largest absolute Gasteiger partial charge is 0.494 e. The first kappa shape index (κ1) is 22.0.